The second-order valence-corrected chi connectivity index (χ2v) is 10.8. The van der Waals surface area contributed by atoms with Crippen molar-refractivity contribution < 1.29 is 48.3 Å². The third-order valence-corrected chi connectivity index (χ3v) is 8.71. The first-order valence-corrected chi connectivity index (χ1v) is 12.6. The van der Waals surface area contributed by atoms with Crippen LogP contribution in [0.3, 0.4) is 0 Å². The lowest BCUT2D eigenvalue weighted by molar-refractivity contribution is -0.364. The molecule has 0 radical (unpaired) electrons. The van der Waals surface area contributed by atoms with E-state index in [1.807, 2.05) is 0 Å². The molecule has 190 valence electrons. The number of aliphatic carboxylic acids is 1. The number of benzene rings is 2. The van der Waals surface area contributed by atoms with Gasteiger partial charge in [-0.25, -0.2) is 4.79 Å². The van der Waals surface area contributed by atoms with Crippen molar-refractivity contribution in [2.45, 2.75) is 48.4 Å². The van der Waals surface area contributed by atoms with Gasteiger partial charge in [0.25, 0.3) is 11.6 Å². The van der Waals surface area contributed by atoms with Crippen LogP contribution >= 0.6 is 11.8 Å². The Morgan fingerprint density at radius 2 is 1.89 bits per heavy atom. The first kappa shape index (κ1) is 22.6. The number of epoxide rings is 1. The second-order valence-electron chi connectivity index (χ2n) is 9.53. The summed E-state index contributed by atoms with van der Waals surface area (Å²) in [4.78, 5) is 49.5. The zero-order valence-electron chi connectivity index (χ0n) is 19.2. The molecule has 0 aromatic heterocycles. The van der Waals surface area contributed by atoms with Crippen molar-refractivity contribution in [1.82, 2.24) is 5.32 Å². The number of thioether (sulfide) groups is 1. The number of carbonyl (C=O) groups excluding carboxylic acids is 3. The summed E-state index contributed by atoms with van der Waals surface area (Å²) in [5.74, 6) is -5.33. The molecule has 3 heterocycles. The van der Waals surface area contributed by atoms with Gasteiger partial charge in [-0.2, -0.15) is 0 Å². The maximum absolute atomic E-state index is 13.2. The summed E-state index contributed by atoms with van der Waals surface area (Å²) >= 11 is 1.12. The highest BCUT2D eigenvalue weighted by Crippen LogP contribution is 2.66. The topological polar surface area (TPSA) is 161 Å². The lowest BCUT2D eigenvalue weighted by Gasteiger charge is -2.56. The molecule has 3 N–H and O–H groups in total. The molecular formula is C25H19NO10S. The molecule has 2 aliphatic carbocycles. The summed E-state index contributed by atoms with van der Waals surface area (Å²) < 4.78 is 25.3. The van der Waals surface area contributed by atoms with Gasteiger partial charge >= 0.3 is 5.97 Å². The summed E-state index contributed by atoms with van der Waals surface area (Å²) in [5, 5.41) is 21.8. The minimum Gasteiger partial charge on any atom is -0.507 e. The molecule has 1 fully saturated rings. The number of phenolic OH excluding ortho intramolecular Hbond substituents is 1. The molecule has 2 aromatic rings. The zero-order valence-corrected chi connectivity index (χ0v) is 20.0. The molecule has 6 atom stereocenters. The molecule has 12 heteroatoms. The molecule has 5 aliphatic rings. The standard InChI is InChI=1S/C25H19NO10S/c1-9(27)26-11(23(31)32)8-37-16-7-13(29)10-3-2-4-14-18(10)24(16)34-15-6-5-12(28)17-19(15)25(35-14,36-24)22-21(33-22)20(17)30/h2-6,11,16,21-22,28H,7-8H2,1H3,(H,26,27)(H,31,32)/t11-,16+,21+,22+,24+,25-/m0/s1. The van der Waals surface area contributed by atoms with E-state index < -0.39 is 52.7 Å². The van der Waals surface area contributed by atoms with Crippen LogP contribution in [0.1, 0.15) is 45.2 Å². The van der Waals surface area contributed by atoms with E-state index in [0.717, 1.165) is 11.8 Å². The second kappa shape index (κ2) is 7.24. The molecule has 11 nitrogen and oxygen atoms in total. The van der Waals surface area contributed by atoms with Crippen LogP contribution in [-0.4, -0.2) is 62.9 Å². The van der Waals surface area contributed by atoms with Crippen molar-refractivity contribution in [3.8, 4) is 17.2 Å². The van der Waals surface area contributed by atoms with Gasteiger partial charge in [-0.1, -0.05) is 12.1 Å². The Bertz CT molecular complexity index is 1460. The number of carbonyl (C=O) groups is 4. The Labute approximate surface area is 213 Å². The van der Waals surface area contributed by atoms with Gasteiger partial charge in [-0.3, -0.25) is 19.1 Å². The lowest BCUT2D eigenvalue weighted by atomic mass is 9.78. The van der Waals surface area contributed by atoms with E-state index in [0.29, 0.717) is 16.9 Å². The summed E-state index contributed by atoms with van der Waals surface area (Å²) in [5.41, 5.74) is 0.942. The van der Waals surface area contributed by atoms with Crippen LogP contribution in [0.2, 0.25) is 0 Å². The van der Waals surface area contributed by atoms with E-state index in [1.54, 1.807) is 18.2 Å². The minimum absolute atomic E-state index is 0.00149. The average Bonchev–Trinajstić information content (AvgIpc) is 3.66. The third-order valence-electron chi connectivity index (χ3n) is 7.30. The highest BCUT2D eigenvalue weighted by Gasteiger charge is 2.76. The SMILES string of the molecule is CC(=O)N[C@@H](CS[C@@H]1CC(=O)c2cccc3c2[C@@]12Oc1ccc(O)c4c1[C@](O3)(O2)[C@@H]1O[C@@H]1C4=O)C(=O)O. The predicted molar refractivity (Wildman–Crippen MR) is 124 cm³/mol. The van der Waals surface area contributed by atoms with Gasteiger partial charge < -0.3 is 29.7 Å². The number of Topliss-reactive ketones (excluding diaryl/α,β-unsaturated/α-hetero) is 2. The Balaban J connectivity index is 1.40. The number of phenols is 1. The van der Waals surface area contributed by atoms with E-state index >= 15 is 0 Å². The number of rotatable bonds is 5. The number of fused-ring (bicyclic) bond motifs is 1. The van der Waals surface area contributed by atoms with Crippen LogP contribution in [0.4, 0.5) is 0 Å². The maximum Gasteiger partial charge on any atom is 0.327 e. The van der Waals surface area contributed by atoms with Crippen LogP contribution in [0.25, 0.3) is 0 Å². The number of carboxylic acids is 1. The summed E-state index contributed by atoms with van der Waals surface area (Å²) in [7, 11) is 0. The lowest BCUT2D eigenvalue weighted by Crippen LogP contribution is -2.65. The van der Waals surface area contributed by atoms with E-state index in [-0.39, 0.29) is 40.6 Å². The predicted octanol–water partition coefficient (Wildman–Crippen LogP) is 1.44. The third kappa shape index (κ3) is 2.85. The molecule has 3 aliphatic heterocycles. The van der Waals surface area contributed by atoms with Crippen LogP contribution in [0.15, 0.2) is 30.3 Å². The first-order valence-electron chi connectivity index (χ1n) is 11.6. The molecule has 2 aromatic carbocycles. The summed E-state index contributed by atoms with van der Waals surface area (Å²) in [6.45, 7) is 1.22. The number of hydrogen-bond donors (Lipinski definition) is 3. The van der Waals surface area contributed by atoms with E-state index in [2.05, 4.69) is 5.32 Å². The fourth-order valence-corrected chi connectivity index (χ4v) is 7.12. The molecule has 1 saturated heterocycles. The van der Waals surface area contributed by atoms with Gasteiger partial charge in [-0.05, 0) is 18.2 Å². The Morgan fingerprint density at radius 3 is 2.65 bits per heavy atom. The fourth-order valence-electron chi connectivity index (χ4n) is 5.77. The van der Waals surface area contributed by atoms with Gasteiger partial charge in [-0.15, -0.1) is 11.8 Å². The van der Waals surface area contributed by atoms with Crippen LogP contribution < -0.4 is 14.8 Å². The zero-order chi connectivity index (χ0) is 25.9. The van der Waals surface area contributed by atoms with Crippen molar-refractivity contribution in [3.05, 3.63) is 52.6 Å². The molecule has 2 bridgehead atoms. The highest BCUT2D eigenvalue weighted by atomic mass is 32.2. The van der Waals surface area contributed by atoms with E-state index in [9.17, 15) is 29.4 Å². The number of aromatic hydroxyl groups is 1. The minimum atomic E-state index is -1.63. The molecule has 1 amide bonds. The van der Waals surface area contributed by atoms with Gasteiger partial charge in [0.1, 0.15) is 23.3 Å². The van der Waals surface area contributed by atoms with E-state index in [4.69, 9.17) is 18.9 Å². The van der Waals surface area contributed by atoms with Crippen LogP contribution in [0, 0.1) is 0 Å². The van der Waals surface area contributed by atoms with Crippen molar-refractivity contribution >= 4 is 35.2 Å². The van der Waals surface area contributed by atoms with Gasteiger partial charge in [0.15, 0.2) is 23.8 Å². The number of ketones is 2. The van der Waals surface area contributed by atoms with Gasteiger partial charge in [0, 0.05) is 24.7 Å². The molecule has 0 saturated carbocycles. The van der Waals surface area contributed by atoms with Gasteiger partial charge in [0.05, 0.1) is 21.9 Å². The van der Waals surface area contributed by atoms with Crippen molar-refractivity contribution in [1.29, 1.82) is 0 Å². The summed E-state index contributed by atoms with van der Waals surface area (Å²) in [6, 6.07) is 6.64. The highest BCUT2D eigenvalue weighted by molar-refractivity contribution is 8.00. The van der Waals surface area contributed by atoms with Crippen molar-refractivity contribution in [2.75, 3.05) is 5.75 Å². The molecule has 0 unspecified atom stereocenters. The molecule has 7 rings (SSSR count). The number of nitrogens with one attached hydrogen (secondary N) is 1. The first-order chi connectivity index (χ1) is 17.7. The number of carboxylic acid groups (broad SMARTS) is 1. The largest absolute Gasteiger partial charge is 0.507 e. The van der Waals surface area contributed by atoms with Crippen molar-refractivity contribution in [2.24, 2.45) is 0 Å². The fraction of sp³-hybridized carbons (Fsp3) is 0.360. The van der Waals surface area contributed by atoms with E-state index in [1.165, 1.54) is 19.1 Å². The number of hydrogen-bond acceptors (Lipinski definition) is 10. The monoisotopic (exact) mass is 525 g/mol. The van der Waals surface area contributed by atoms with Gasteiger partial charge in [0.2, 0.25) is 5.91 Å². The number of ether oxygens (including phenoxy) is 4. The van der Waals surface area contributed by atoms with Crippen LogP contribution in [0.5, 0.6) is 17.2 Å². The number of amides is 1. The molecule has 37 heavy (non-hydrogen) atoms. The Kier molecular flexibility index (Phi) is 4.42. The normalized spacial score (nSPS) is 32.1. The Hall–Kier alpha value is -3.61. The quantitative estimate of drug-likeness (QED) is 0.485. The maximum atomic E-state index is 13.2. The smallest absolute Gasteiger partial charge is 0.327 e. The molecule has 2 spiro atoms. The van der Waals surface area contributed by atoms with Crippen molar-refractivity contribution in [3.63, 3.8) is 0 Å². The molecular weight excluding hydrogens is 506 g/mol. The van der Waals surface area contributed by atoms with Crippen LogP contribution in [-0.2, 0) is 30.6 Å². The average molecular weight is 525 g/mol. The summed E-state index contributed by atoms with van der Waals surface area (Å²) in [6.07, 6.45) is -1.72. The Morgan fingerprint density at radius 1 is 1.14 bits per heavy atom.